The second-order valence-electron chi connectivity index (χ2n) is 7.18. The highest BCUT2D eigenvalue weighted by Gasteiger charge is 2.29. The Kier molecular flexibility index (Phi) is 6.65. The number of hydrogen-bond acceptors (Lipinski definition) is 2. The highest BCUT2D eigenvalue weighted by Crippen LogP contribution is 2.16. The van der Waals surface area contributed by atoms with Gasteiger partial charge in [0.05, 0.1) is 0 Å². The first-order valence-electron chi connectivity index (χ1n) is 7.90. The van der Waals surface area contributed by atoms with Gasteiger partial charge in [-0.1, -0.05) is 39.5 Å². The van der Waals surface area contributed by atoms with Gasteiger partial charge in [-0.15, -0.1) is 0 Å². The maximum absolute atomic E-state index is 3.62. The predicted octanol–water partition coefficient (Wildman–Crippen LogP) is 3.67. The van der Waals surface area contributed by atoms with Gasteiger partial charge >= 0.3 is 0 Å². The molecule has 1 N–H and O–H groups in total. The van der Waals surface area contributed by atoms with E-state index < -0.39 is 0 Å². The van der Waals surface area contributed by atoms with Crippen LogP contribution in [0.1, 0.15) is 66.7 Å². The van der Waals surface area contributed by atoms with E-state index in [0.717, 1.165) is 12.5 Å². The topological polar surface area (TPSA) is 15.3 Å². The average molecular weight is 254 g/mol. The first kappa shape index (κ1) is 16.0. The Morgan fingerprint density at radius 1 is 1.17 bits per heavy atom. The van der Waals surface area contributed by atoms with Crippen molar-refractivity contribution in [3.8, 4) is 0 Å². The third kappa shape index (κ3) is 6.19. The van der Waals surface area contributed by atoms with Crippen LogP contribution in [0.3, 0.4) is 0 Å². The average Bonchev–Trinajstić information content (AvgIpc) is 2.27. The van der Waals surface area contributed by atoms with Crippen LogP contribution in [0.5, 0.6) is 0 Å². The highest BCUT2D eigenvalue weighted by molar-refractivity contribution is 4.90. The molecule has 1 atom stereocenters. The summed E-state index contributed by atoms with van der Waals surface area (Å²) in [5.74, 6) is 0.874. The van der Waals surface area contributed by atoms with Gasteiger partial charge in [0.15, 0.2) is 0 Å². The van der Waals surface area contributed by atoms with Gasteiger partial charge in [0, 0.05) is 24.7 Å². The third-order valence-corrected chi connectivity index (χ3v) is 4.07. The molecule has 1 rings (SSSR count). The summed E-state index contributed by atoms with van der Waals surface area (Å²) in [5.41, 5.74) is 0.296. The molecule has 1 heterocycles. The minimum Gasteiger partial charge on any atom is -0.309 e. The van der Waals surface area contributed by atoms with Crippen LogP contribution < -0.4 is 5.32 Å². The zero-order valence-corrected chi connectivity index (χ0v) is 13.3. The van der Waals surface area contributed by atoms with E-state index in [1.54, 1.807) is 0 Å². The van der Waals surface area contributed by atoms with Gasteiger partial charge in [-0.05, 0) is 39.7 Å². The quantitative estimate of drug-likeness (QED) is 0.697. The second-order valence-corrected chi connectivity index (χ2v) is 7.18. The maximum atomic E-state index is 3.62. The molecule has 0 aliphatic carbocycles. The van der Waals surface area contributed by atoms with Crippen molar-refractivity contribution in [1.29, 1.82) is 0 Å². The molecule has 0 bridgehead atoms. The van der Waals surface area contributed by atoms with Crippen LogP contribution in [0.4, 0.5) is 0 Å². The lowest BCUT2D eigenvalue weighted by Gasteiger charge is -2.43. The fourth-order valence-corrected chi connectivity index (χ4v) is 2.79. The zero-order valence-electron chi connectivity index (χ0n) is 13.3. The van der Waals surface area contributed by atoms with E-state index in [1.807, 2.05) is 0 Å². The lowest BCUT2D eigenvalue weighted by molar-refractivity contribution is 0.103. The molecule has 1 fully saturated rings. The van der Waals surface area contributed by atoms with Crippen LogP contribution in [-0.4, -0.2) is 36.1 Å². The number of hydrogen-bond donors (Lipinski definition) is 1. The summed E-state index contributed by atoms with van der Waals surface area (Å²) in [5, 5.41) is 3.62. The fourth-order valence-electron chi connectivity index (χ4n) is 2.79. The second kappa shape index (κ2) is 7.49. The number of piperazine rings is 1. The lowest BCUT2D eigenvalue weighted by atomic mass is 9.98. The molecule has 0 aromatic carbocycles. The summed E-state index contributed by atoms with van der Waals surface area (Å²) in [6, 6.07) is 0.702. The maximum Gasteiger partial charge on any atom is 0.0252 e. The van der Waals surface area contributed by atoms with Crippen molar-refractivity contribution in [2.45, 2.75) is 78.3 Å². The van der Waals surface area contributed by atoms with Crippen LogP contribution in [0.25, 0.3) is 0 Å². The van der Waals surface area contributed by atoms with Gasteiger partial charge in [-0.3, -0.25) is 4.90 Å². The molecule has 0 amide bonds. The Hall–Kier alpha value is -0.0800. The summed E-state index contributed by atoms with van der Waals surface area (Å²) >= 11 is 0. The minimum absolute atomic E-state index is 0.296. The number of rotatable bonds is 7. The summed E-state index contributed by atoms with van der Waals surface area (Å²) in [7, 11) is 0. The molecule has 0 saturated carbocycles. The molecule has 0 aromatic rings. The van der Waals surface area contributed by atoms with Crippen LogP contribution in [0.15, 0.2) is 0 Å². The normalized spacial score (nSPS) is 24.7. The minimum atomic E-state index is 0.296. The molecule has 2 heteroatoms. The van der Waals surface area contributed by atoms with Gasteiger partial charge in [-0.2, -0.15) is 0 Å². The molecule has 1 saturated heterocycles. The van der Waals surface area contributed by atoms with Gasteiger partial charge < -0.3 is 5.32 Å². The van der Waals surface area contributed by atoms with Gasteiger partial charge in [-0.25, -0.2) is 0 Å². The number of unbranched alkanes of at least 4 members (excludes halogenated alkanes) is 3. The SMILES string of the molecule is CC(C)CCCCCCN1CC(C)(C)NCC1C. The molecular weight excluding hydrogens is 220 g/mol. The van der Waals surface area contributed by atoms with Crippen molar-refractivity contribution in [2.75, 3.05) is 19.6 Å². The van der Waals surface area contributed by atoms with Crippen molar-refractivity contribution in [2.24, 2.45) is 5.92 Å². The molecule has 18 heavy (non-hydrogen) atoms. The summed E-state index contributed by atoms with van der Waals surface area (Å²) in [6.45, 7) is 15.2. The van der Waals surface area contributed by atoms with Crippen molar-refractivity contribution < 1.29 is 0 Å². The summed E-state index contributed by atoms with van der Waals surface area (Å²) < 4.78 is 0. The Balaban J connectivity index is 2.10. The van der Waals surface area contributed by atoms with Crippen molar-refractivity contribution in [3.05, 3.63) is 0 Å². The smallest absolute Gasteiger partial charge is 0.0252 e. The largest absolute Gasteiger partial charge is 0.309 e. The number of nitrogens with one attached hydrogen (secondary N) is 1. The molecule has 1 aliphatic heterocycles. The Labute approximate surface area is 115 Å². The summed E-state index contributed by atoms with van der Waals surface area (Å²) in [4.78, 5) is 2.67. The van der Waals surface area contributed by atoms with Crippen molar-refractivity contribution in [1.82, 2.24) is 10.2 Å². The standard InChI is InChI=1S/C16H34N2/c1-14(2)10-8-6-7-9-11-18-13-16(4,5)17-12-15(18)3/h14-15,17H,6-13H2,1-5H3. The van der Waals surface area contributed by atoms with E-state index in [4.69, 9.17) is 0 Å². The van der Waals surface area contributed by atoms with Crippen molar-refractivity contribution >= 4 is 0 Å². The van der Waals surface area contributed by atoms with E-state index in [0.29, 0.717) is 11.6 Å². The Bertz CT molecular complexity index is 223. The van der Waals surface area contributed by atoms with E-state index in [1.165, 1.54) is 45.2 Å². The molecule has 1 unspecified atom stereocenters. The van der Waals surface area contributed by atoms with Gasteiger partial charge in [0.1, 0.15) is 0 Å². The first-order valence-corrected chi connectivity index (χ1v) is 7.90. The highest BCUT2D eigenvalue weighted by atomic mass is 15.2. The summed E-state index contributed by atoms with van der Waals surface area (Å²) in [6.07, 6.45) is 7.02. The molecule has 0 spiro atoms. The fraction of sp³-hybridized carbons (Fsp3) is 1.00. The van der Waals surface area contributed by atoms with Gasteiger partial charge in [0.25, 0.3) is 0 Å². The molecule has 0 aromatic heterocycles. The van der Waals surface area contributed by atoms with E-state index in [9.17, 15) is 0 Å². The molecule has 2 nitrogen and oxygen atoms in total. The molecule has 108 valence electrons. The Morgan fingerprint density at radius 3 is 2.50 bits per heavy atom. The monoisotopic (exact) mass is 254 g/mol. The molecule has 1 aliphatic rings. The van der Waals surface area contributed by atoms with E-state index in [2.05, 4.69) is 44.8 Å². The predicted molar refractivity (Wildman–Crippen MR) is 81.0 cm³/mol. The van der Waals surface area contributed by atoms with Crippen LogP contribution in [0.2, 0.25) is 0 Å². The third-order valence-electron chi connectivity index (χ3n) is 4.07. The van der Waals surface area contributed by atoms with Crippen LogP contribution >= 0.6 is 0 Å². The van der Waals surface area contributed by atoms with Crippen LogP contribution in [-0.2, 0) is 0 Å². The van der Waals surface area contributed by atoms with E-state index in [-0.39, 0.29) is 0 Å². The molecule has 0 radical (unpaired) electrons. The van der Waals surface area contributed by atoms with Crippen LogP contribution in [0, 0.1) is 5.92 Å². The van der Waals surface area contributed by atoms with Crippen molar-refractivity contribution in [3.63, 3.8) is 0 Å². The Morgan fingerprint density at radius 2 is 1.83 bits per heavy atom. The number of nitrogens with zero attached hydrogens (tertiary/aromatic N) is 1. The van der Waals surface area contributed by atoms with E-state index >= 15 is 0 Å². The first-order chi connectivity index (χ1) is 8.41. The lowest BCUT2D eigenvalue weighted by Crippen LogP contribution is -2.60. The molecular formula is C16H34N2. The zero-order chi connectivity index (χ0) is 13.6. The van der Waals surface area contributed by atoms with Gasteiger partial charge in [0.2, 0.25) is 0 Å².